The molecule has 5 nitrogen and oxygen atoms in total. The van der Waals surface area contributed by atoms with Gasteiger partial charge in [0, 0.05) is 18.5 Å². The Morgan fingerprint density at radius 3 is 2.25 bits per heavy atom. The third kappa shape index (κ3) is 8.67. The molecule has 0 bridgehead atoms. The smallest absolute Gasteiger partial charge is 0.221 e. The fraction of sp³-hybridized carbons (Fsp3) is 0.900. The van der Waals surface area contributed by atoms with Crippen molar-refractivity contribution >= 4 is 15.9 Å². The average Bonchev–Trinajstić information content (AvgIpc) is 1.99. The van der Waals surface area contributed by atoms with Gasteiger partial charge < -0.3 is 5.32 Å². The van der Waals surface area contributed by atoms with E-state index in [4.69, 9.17) is 0 Å². The van der Waals surface area contributed by atoms with Crippen LogP contribution in [0.25, 0.3) is 0 Å². The molecule has 0 aliphatic rings. The molecule has 6 heteroatoms. The van der Waals surface area contributed by atoms with Crippen LogP contribution in [-0.2, 0) is 14.8 Å². The summed E-state index contributed by atoms with van der Waals surface area (Å²) < 4.78 is 24.9. The van der Waals surface area contributed by atoms with Crippen molar-refractivity contribution in [3.8, 4) is 0 Å². The molecule has 1 amide bonds. The average molecular weight is 250 g/mol. The number of sulfonamides is 1. The predicted octanol–water partition coefficient (Wildman–Crippen LogP) is 0.621. The van der Waals surface area contributed by atoms with Crippen molar-refractivity contribution in [1.82, 2.24) is 10.0 Å². The van der Waals surface area contributed by atoms with Crippen molar-refractivity contribution in [2.75, 3.05) is 12.3 Å². The largest absolute Gasteiger partial charge is 0.351 e. The number of carbonyl (C=O) groups is 1. The molecule has 0 heterocycles. The molecule has 0 radical (unpaired) electrons. The van der Waals surface area contributed by atoms with E-state index < -0.39 is 10.0 Å². The molecule has 16 heavy (non-hydrogen) atoms. The van der Waals surface area contributed by atoms with Crippen molar-refractivity contribution in [3.05, 3.63) is 0 Å². The van der Waals surface area contributed by atoms with Gasteiger partial charge in [0.1, 0.15) is 0 Å². The Labute approximate surface area is 98.0 Å². The van der Waals surface area contributed by atoms with Crippen LogP contribution in [0.4, 0.5) is 0 Å². The Kier molecular flexibility index (Phi) is 5.96. The molecule has 0 spiro atoms. The summed E-state index contributed by atoms with van der Waals surface area (Å²) in [5, 5.41) is 2.76. The fourth-order valence-electron chi connectivity index (χ4n) is 1.14. The highest BCUT2D eigenvalue weighted by Crippen LogP contribution is 1.98. The van der Waals surface area contributed by atoms with Crippen molar-refractivity contribution in [3.63, 3.8) is 0 Å². The van der Waals surface area contributed by atoms with E-state index in [9.17, 15) is 13.2 Å². The lowest BCUT2D eigenvalue weighted by Crippen LogP contribution is -2.42. The fourth-order valence-corrected chi connectivity index (χ4v) is 2.24. The molecule has 0 saturated carbocycles. The maximum Gasteiger partial charge on any atom is 0.221 e. The van der Waals surface area contributed by atoms with Gasteiger partial charge in [-0.05, 0) is 27.2 Å². The van der Waals surface area contributed by atoms with E-state index in [1.807, 2.05) is 20.8 Å². The minimum absolute atomic E-state index is 0.105. The summed E-state index contributed by atoms with van der Waals surface area (Å²) in [4.78, 5) is 11.4. The minimum Gasteiger partial charge on any atom is -0.351 e. The summed E-state index contributed by atoms with van der Waals surface area (Å²) >= 11 is 0. The zero-order chi connectivity index (χ0) is 12.8. The molecule has 0 aromatic heterocycles. The number of carbonyl (C=O) groups excluding carboxylic acids is 1. The van der Waals surface area contributed by atoms with Gasteiger partial charge in [0.25, 0.3) is 0 Å². The molecule has 0 aliphatic heterocycles. The van der Waals surface area contributed by atoms with Gasteiger partial charge in [0.2, 0.25) is 15.9 Å². The lowest BCUT2D eigenvalue weighted by atomic mass is 10.1. The van der Waals surface area contributed by atoms with Gasteiger partial charge >= 0.3 is 0 Å². The number of hydrogen-bond acceptors (Lipinski definition) is 3. The van der Waals surface area contributed by atoms with Gasteiger partial charge in [0.05, 0.1) is 5.75 Å². The number of nitrogens with one attached hydrogen (secondary N) is 2. The standard InChI is InChI=1S/C10H22N2O3S/c1-5-8-16(14,15)11-7-6-9(13)12-10(2,3)4/h11H,5-8H2,1-4H3,(H,12,13). The summed E-state index contributed by atoms with van der Waals surface area (Å²) in [6.07, 6.45) is 0.740. The molecule has 96 valence electrons. The van der Waals surface area contributed by atoms with Gasteiger partial charge in [-0.3, -0.25) is 4.79 Å². The van der Waals surface area contributed by atoms with Crippen molar-refractivity contribution in [1.29, 1.82) is 0 Å². The Morgan fingerprint density at radius 2 is 1.81 bits per heavy atom. The van der Waals surface area contributed by atoms with E-state index >= 15 is 0 Å². The second kappa shape index (κ2) is 6.20. The highest BCUT2D eigenvalue weighted by atomic mass is 32.2. The second-order valence-corrected chi connectivity index (χ2v) is 6.69. The molecular weight excluding hydrogens is 228 g/mol. The van der Waals surface area contributed by atoms with E-state index in [0.29, 0.717) is 6.42 Å². The Hall–Kier alpha value is -0.620. The first kappa shape index (κ1) is 15.4. The van der Waals surface area contributed by atoms with Crippen LogP contribution < -0.4 is 10.0 Å². The van der Waals surface area contributed by atoms with E-state index in [1.54, 1.807) is 6.92 Å². The van der Waals surface area contributed by atoms with Crippen LogP contribution >= 0.6 is 0 Å². The Bertz CT molecular complexity index is 317. The lowest BCUT2D eigenvalue weighted by Gasteiger charge is -2.20. The van der Waals surface area contributed by atoms with Crippen molar-refractivity contribution in [2.45, 2.75) is 46.1 Å². The van der Waals surface area contributed by atoms with Crippen LogP contribution in [0.3, 0.4) is 0 Å². The van der Waals surface area contributed by atoms with Crippen LogP contribution in [0.1, 0.15) is 40.5 Å². The van der Waals surface area contributed by atoms with Crippen LogP contribution in [0.5, 0.6) is 0 Å². The normalized spacial score (nSPS) is 12.5. The summed E-state index contributed by atoms with van der Waals surface area (Å²) in [6, 6.07) is 0. The summed E-state index contributed by atoms with van der Waals surface area (Å²) in [5.41, 5.74) is -0.278. The van der Waals surface area contributed by atoms with Crippen LogP contribution in [0.2, 0.25) is 0 Å². The third-order valence-electron chi connectivity index (χ3n) is 1.66. The monoisotopic (exact) mass is 250 g/mol. The topological polar surface area (TPSA) is 75.3 Å². The zero-order valence-corrected chi connectivity index (χ0v) is 11.3. The first-order chi connectivity index (χ1) is 7.16. The van der Waals surface area contributed by atoms with Gasteiger partial charge in [-0.2, -0.15) is 0 Å². The first-order valence-corrected chi connectivity index (χ1v) is 7.10. The SMILES string of the molecule is CCCS(=O)(=O)NCCC(=O)NC(C)(C)C. The zero-order valence-electron chi connectivity index (χ0n) is 10.5. The highest BCUT2D eigenvalue weighted by molar-refractivity contribution is 7.89. The van der Waals surface area contributed by atoms with Gasteiger partial charge in [-0.15, -0.1) is 0 Å². The van der Waals surface area contributed by atoms with Gasteiger partial charge in [-0.25, -0.2) is 13.1 Å². The summed E-state index contributed by atoms with van der Waals surface area (Å²) in [5.74, 6) is -0.0415. The maximum absolute atomic E-state index is 11.4. The van der Waals surface area contributed by atoms with Gasteiger partial charge in [0.15, 0.2) is 0 Å². The number of hydrogen-bond donors (Lipinski definition) is 2. The Balaban J connectivity index is 3.87. The van der Waals surface area contributed by atoms with Crippen LogP contribution in [0, 0.1) is 0 Å². The number of amides is 1. The van der Waals surface area contributed by atoms with E-state index in [1.165, 1.54) is 0 Å². The molecule has 0 fully saturated rings. The highest BCUT2D eigenvalue weighted by Gasteiger charge is 2.14. The molecule has 0 aliphatic carbocycles. The molecule has 0 aromatic carbocycles. The summed E-state index contributed by atoms with van der Waals surface area (Å²) in [6.45, 7) is 7.60. The lowest BCUT2D eigenvalue weighted by molar-refractivity contribution is -0.122. The van der Waals surface area contributed by atoms with E-state index in [2.05, 4.69) is 10.0 Å². The predicted molar refractivity (Wildman–Crippen MR) is 64.6 cm³/mol. The maximum atomic E-state index is 11.4. The van der Waals surface area contributed by atoms with Crippen LogP contribution in [-0.4, -0.2) is 32.2 Å². The quantitative estimate of drug-likeness (QED) is 0.725. The first-order valence-electron chi connectivity index (χ1n) is 5.44. The molecule has 0 aromatic rings. The van der Waals surface area contributed by atoms with Gasteiger partial charge in [-0.1, -0.05) is 6.92 Å². The molecule has 0 rings (SSSR count). The molecule has 0 saturated heterocycles. The summed E-state index contributed by atoms with van der Waals surface area (Å²) in [7, 11) is -3.20. The number of rotatable bonds is 6. The molecule has 0 atom stereocenters. The van der Waals surface area contributed by atoms with Crippen molar-refractivity contribution in [2.24, 2.45) is 0 Å². The molecule has 0 unspecified atom stereocenters. The molecule has 2 N–H and O–H groups in total. The minimum atomic E-state index is -3.20. The van der Waals surface area contributed by atoms with Crippen molar-refractivity contribution < 1.29 is 13.2 Å². The van der Waals surface area contributed by atoms with E-state index in [0.717, 1.165) is 0 Å². The Morgan fingerprint density at radius 1 is 1.25 bits per heavy atom. The van der Waals surface area contributed by atoms with Crippen LogP contribution in [0.15, 0.2) is 0 Å². The van der Waals surface area contributed by atoms with E-state index in [-0.39, 0.29) is 30.2 Å². The third-order valence-corrected chi connectivity index (χ3v) is 3.25. The molecular formula is C10H22N2O3S. The second-order valence-electron chi connectivity index (χ2n) is 4.76.